The summed E-state index contributed by atoms with van der Waals surface area (Å²) < 4.78 is 0. The summed E-state index contributed by atoms with van der Waals surface area (Å²) in [5.74, 6) is 0.954. The molecule has 1 aromatic heterocycles. The third-order valence-corrected chi connectivity index (χ3v) is 3.25. The number of rotatable bonds is 7. The zero-order valence-electron chi connectivity index (χ0n) is 9.48. The predicted octanol–water partition coefficient (Wildman–Crippen LogP) is 3.20. The summed E-state index contributed by atoms with van der Waals surface area (Å²) in [6, 6.07) is 5.14. The van der Waals surface area contributed by atoms with Crippen molar-refractivity contribution in [1.82, 2.24) is 4.98 Å². The first-order chi connectivity index (χ1) is 7.74. The molecule has 0 aliphatic rings. The van der Waals surface area contributed by atoms with Crippen LogP contribution in [-0.2, 0) is 5.75 Å². The number of nitrogens with zero attached hydrogens (tertiary/aromatic N) is 1. The first-order valence-electron chi connectivity index (χ1n) is 5.51. The minimum Gasteiger partial charge on any atom is -0.477 e. The fourth-order valence-corrected chi connectivity index (χ4v) is 2.23. The predicted molar refractivity (Wildman–Crippen MR) is 66.9 cm³/mol. The summed E-state index contributed by atoms with van der Waals surface area (Å²) in [6.45, 7) is 2.18. The number of aromatic carboxylic acids is 1. The Balaban J connectivity index is 2.36. The van der Waals surface area contributed by atoms with E-state index in [2.05, 4.69) is 11.9 Å². The minimum absolute atomic E-state index is 0.131. The number of carboxylic acid groups (broad SMARTS) is 1. The van der Waals surface area contributed by atoms with Crippen LogP contribution in [0.1, 0.15) is 42.4 Å². The lowest BCUT2D eigenvalue weighted by Gasteiger charge is -2.02. The van der Waals surface area contributed by atoms with Gasteiger partial charge in [-0.1, -0.05) is 25.8 Å². The highest BCUT2D eigenvalue weighted by molar-refractivity contribution is 7.98. The fraction of sp³-hybridized carbons (Fsp3) is 0.500. The van der Waals surface area contributed by atoms with Crippen LogP contribution in [0.25, 0.3) is 0 Å². The number of carbonyl (C=O) groups is 1. The molecule has 0 saturated heterocycles. The average molecular weight is 239 g/mol. The van der Waals surface area contributed by atoms with Gasteiger partial charge in [-0.15, -0.1) is 0 Å². The number of aromatic nitrogens is 1. The topological polar surface area (TPSA) is 50.2 Å². The number of thioether (sulfide) groups is 1. The largest absolute Gasteiger partial charge is 0.477 e. The quantitative estimate of drug-likeness (QED) is 0.742. The lowest BCUT2D eigenvalue weighted by atomic mass is 10.3. The molecule has 0 unspecified atom stereocenters. The lowest BCUT2D eigenvalue weighted by Crippen LogP contribution is -2.01. The summed E-state index contributed by atoms with van der Waals surface area (Å²) >= 11 is 1.81. The highest BCUT2D eigenvalue weighted by Crippen LogP contribution is 2.13. The Morgan fingerprint density at radius 1 is 1.44 bits per heavy atom. The van der Waals surface area contributed by atoms with Crippen molar-refractivity contribution in [3.63, 3.8) is 0 Å². The van der Waals surface area contributed by atoms with Gasteiger partial charge in [0.05, 0.1) is 5.69 Å². The summed E-state index contributed by atoms with van der Waals surface area (Å²) in [5, 5.41) is 8.78. The van der Waals surface area contributed by atoms with Gasteiger partial charge in [-0.25, -0.2) is 9.78 Å². The summed E-state index contributed by atoms with van der Waals surface area (Å²) in [4.78, 5) is 14.8. The van der Waals surface area contributed by atoms with Crippen molar-refractivity contribution in [3.05, 3.63) is 29.6 Å². The van der Waals surface area contributed by atoms with Crippen LogP contribution >= 0.6 is 11.8 Å². The molecule has 16 heavy (non-hydrogen) atoms. The summed E-state index contributed by atoms with van der Waals surface area (Å²) in [7, 11) is 0. The molecule has 0 fully saturated rings. The van der Waals surface area contributed by atoms with Crippen LogP contribution in [0.5, 0.6) is 0 Å². The Morgan fingerprint density at radius 3 is 2.94 bits per heavy atom. The number of hydrogen-bond acceptors (Lipinski definition) is 3. The molecule has 0 saturated carbocycles. The van der Waals surface area contributed by atoms with Crippen molar-refractivity contribution < 1.29 is 9.90 Å². The van der Waals surface area contributed by atoms with E-state index in [0.29, 0.717) is 0 Å². The first kappa shape index (κ1) is 13.0. The zero-order valence-corrected chi connectivity index (χ0v) is 10.3. The van der Waals surface area contributed by atoms with Crippen molar-refractivity contribution in [2.24, 2.45) is 0 Å². The molecule has 0 radical (unpaired) electrons. The van der Waals surface area contributed by atoms with Crippen LogP contribution in [0, 0.1) is 0 Å². The Morgan fingerprint density at radius 2 is 2.25 bits per heavy atom. The molecule has 4 heteroatoms. The van der Waals surface area contributed by atoms with Crippen molar-refractivity contribution in [2.45, 2.75) is 31.9 Å². The van der Waals surface area contributed by atoms with E-state index >= 15 is 0 Å². The zero-order chi connectivity index (χ0) is 11.8. The smallest absolute Gasteiger partial charge is 0.354 e. The number of carboxylic acids is 1. The van der Waals surface area contributed by atoms with Crippen molar-refractivity contribution >= 4 is 17.7 Å². The van der Waals surface area contributed by atoms with Gasteiger partial charge in [0.25, 0.3) is 0 Å². The van der Waals surface area contributed by atoms with Gasteiger partial charge >= 0.3 is 5.97 Å². The summed E-state index contributed by atoms with van der Waals surface area (Å²) in [5.41, 5.74) is 0.980. The highest BCUT2D eigenvalue weighted by Gasteiger charge is 2.04. The van der Waals surface area contributed by atoms with Crippen LogP contribution in [0.2, 0.25) is 0 Å². The van der Waals surface area contributed by atoms with Crippen LogP contribution in [-0.4, -0.2) is 21.8 Å². The second-order valence-electron chi connectivity index (χ2n) is 3.58. The second-order valence-corrected chi connectivity index (χ2v) is 4.68. The molecule has 0 atom stereocenters. The lowest BCUT2D eigenvalue weighted by molar-refractivity contribution is 0.0690. The monoisotopic (exact) mass is 239 g/mol. The fourth-order valence-electron chi connectivity index (χ4n) is 1.31. The van der Waals surface area contributed by atoms with E-state index in [1.54, 1.807) is 6.07 Å². The van der Waals surface area contributed by atoms with Gasteiger partial charge in [-0.3, -0.25) is 0 Å². The van der Waals surface area contributed by atoms with Gasteiger partial charge in [0, 0.05) is 5.75 Å². The maximum Gasteiger partial charge on any atom is 0.354 e. The van der Waals surface area contributed by atoms with Gasteiger partial charge in [0.2, 0.25) is 0 Å². The van der Waals surface area contributed by atoms with Crippen molar-refractivity contribution in [2.75, 3.05) is 5.75 Å². The van der Waals surface area contributed by atoms with Crippen LogP contribution in [0.4, 0.5) is 0 Å². The van der Waals surface area contributed by atoms with E-state index in [0.717, 1.165) is 17.2 Å². The van der Waals surface area contributed by atoms with Crippen LogP contribution in [0.15, 0.2) is 18.2 Å². The Bertz CT molecular complexity index is 342. The van der Waals surface area contributed by atoms with E-state index in [4.69, 9.17) is 5.11 Å². The molecule has 0 bridgehead atoms. The Kier molecular flexibility index (Phi) is 5.93. The molecule has 0 amide bonds. The average Bonchev–Trinajstić information content (AvgIpc) is 2.29. The van der Waals surface area contributed by atoms with Gasteiger partial charge in [0.15, 0.2) is 0 Å². The molecule has 0 aliphatic carbocycles. The third kappa shape index (κ3) is 4.66. The van der Waals surface area contributed by atoms with E-state index in [1.165, 1.54) is 25.3 Å². The molecular formula is C12H17NO2S. The Labute approximate surface area is 100 Å². The molecule has 1 N–H and O–H groups in total. The van der Waals surface area contributed by atoms with E-state index in [9.17, 15) is 4.79 Å². The van der Waals surface area contributed by atoms with Crippen LogP contribution in [0.3, 0.4) is 0 Å². The van der Waals surface area contributed by atoms with Crippen molar-refractivity contribution in [3.8, 4) is 0 Å². The number of hydrogen-bond donors (Lipinski definition) is 1. The number of unbranched alkanes of at least 4 members (excludes halogenated alkanes) is 2. The van der Waals surface area contributed by atoms with Gasteiger partial charge in [-0.2, -0.15) is 11.8 Å². The molecule has 0 aromatic carbocycles. The third-order valence-electron chi connectivity index (χ3n) is 2.17. The molecule has 0 aliphatic heterocycles. The SMILES string of the molecule is CCCCCSCc1cccc(C(=O)O)n1. The van der Waals surface area contributed by atoms with Gasteiger partial charge < -0.3 is 5.11 Å². The molecule has 1 aromatic rings. The molecule has 3 nitrogen and oxygen atoms in total. The molecule has 0 spiro atoms. The Hall–Kier alpha value is -1.03. The van der Waals surface area contributed by atoms with Gasteiger partial charge in [-0.05, 0) is 24.3 Å². The molecule has 88 valence electrons. The van der Waals surface area contributed by atoms with E-state index in [1.807, 2.05) is 17.8 Å². The summed E-state index contributed by atoms with van der Waals surface area (Å²) in [6.07, 6.45) is 3.71. The van der Waals surface area contributed by atoms with Crippen LogP contribution < -0.4 is 0 Å². The molecular weight excluding hydrogens is 222 g/mol. The normalized spacial score (nSPS) is 10.3. The van der Waals surface area contributed by atoms with Crippen molar-refractivity contribution in [1.29, 1.82) is 0 Å². The van der Waals surface area contributed by atoms with E-state index < -0.39 is 5.97 Å². The molecule has 1 heterocycles. The molecule has 1 rings (SSSR count). The first-order valence-corrected chi connectivity index (χ1v) is 6.66. The van der Waals surface area contributed by atoms with Gasteiger partial charge in [0.1, 0.15) is 5.69 Å². The maximum atomic E-state index is 10.7. The standard InChI is InChI=1S/C12H17NO2S/c1-2-3-4-8-16-9-10-6-5-7-11(13-10)12(14)15/h5-7H,2-4,8-9H2,1H3,(H,14,15). The number of pyridine rings is 1. The van der Waals surface area contributed by atoms with E-state index in [-0.39, 0.29) is 5.69 Å². The highest BCUT2D eigenvalue weighted by atomic mass is 32.2. The second kappa shape index (κ2) is 7.28. The minimum atomic E-state index is -0.960. The maximum absolute atomic E-state index is 10.7.